The molecule has 0 aliphatic carbocycles. The van der Waals surface area contributed by atoms with Crippen LogP contribution in [0, 0.1) is 27.7 Å². The maximum atomic E-state index is 8.83. The van der Waals surface area contributed by atoms with E-state index >= 15 is 0 Å². The average Bonchev–Trinajstić information content (AvgIpc) is 2.32. The number of nitrogens with one attached hydrogen (secondary N) is 1. The van der Waals surface area contributed by atoms with Crippen LogP contribution in [0.5, 0.6) is 0 Å². The summed E-state index contributed by atoms with van der Waals surface area (Å²) >= 11 is 0. The first-order valence-electron chi connectivity index (χ1n) is 7.20. The molecule has 2 N–H and O–H groups in total. The third kappa shape index (κ3) is 3.80. The van der Waals surface area contributed by atoms with Crippen LogP contribution in [0.4, 0.5) is 0 Å². The van der Waals surface area contributed by atoms with Gasteiger partial charge in [0.05, 0.1) is 0 Å². The molecule has 0 fully saturated rings. The molecule has 0 aromatic heterocycles. The molecular weight excluding hydrogens is 234 g/mol. The highest BCUT2D eigenvalue weighted by Crippen LogP contribution is 2.32. The van der Waals surface area contributed by atoms with E-state index in [-0.39, 0.29) is 12.0 Å². The van der Waals surface area contributed by atoms with Crippen LogP contribution in [0.2, 0.25) is 0 Å². The van der Waals surface area contributed by atoms with Crippen LogP contribution in [-0.2, 0) is 5.41 Å². The van der Waals surface area contributed by atoms with Crippen LogP contribution in [-0.4, -0.2) is 24.8 Å². The molecule has 19 heavy (non-hydrogen) atoms. The van der Waals surface area contributed by atoms with Crippen molar-refractivity contribution in [2.24, 2.45) is 0 Å². The molecule has 0 unspecified atom stereocenters. The van der Waals surface area contributed by atoms with Gasteiger partial charge in [-0.2, -0.15) is 0 Å². The predicted molar refractivity (Wildman–Crippen MR) is 83.0 cm³/mol. The number of aliphatic hydroxyl groups excluding tert-OH is 1. The lowest BCUT2D eigenvalue weighted by Gasteiger charge is -2.31. The van der Waals surface area contributed by atoms with Gasteiger partial charge in [0.15, 0.2) is 0 Å². The number of hydrogen-bond acceptors (Lipinski definition) is 2. The zero-order valence-corrected chi connectivity index (χ0v) is 13.4. The fourth-order valence-electron chi connectivity index (χ4n) is 2.93. The topological polar surface area (TPSA) is 32.3 Å². The van der Waals surface area contributed by atoms with Crippen molar-refractivity contribution in [2.45, 2.75) is 53.4 Å². The molecule has 0 bridgehead atoms. The van der Waals surface area contributed by atoms with Crippen molar-refractivity contribution in [2.75, 3.05) is 19.7 Å². The summed E-state index contributed by atoms with van der Waals surface area (Å²) in [6.45, 7) is 15.5. The summed E-state index contributed by atoms with van der Waals surface area (Å²) in [6, 6.07) is 2.28. The second-order valence-corrected chi connectivity index (χ2v) is 6.27. The molecule has 0 radical (unpaired) electrons. The van der Waals surface area contributed by atoms with E-state index in [1.807, 2.05) is 0 Å². The summed E-state index contributed by atoms with van der Waals surface area (Å²) in [5, 5.41) is 12.3. The van der Waals surface area contributed by atoms with E-state index in [9.17, 15) is 0 Å². The van der Waals surface area contributed by atoms with Crippen molar-refractivity contribution >= 4 is 0 Å². The second-order valence-electron chi connectivity index (χ2n) is 6.27. The number of hydrogen-bond donors (Lipinski definition) is 2. The maximum Gasteiger partial charge on any atom is 0.0443 e. The van der Waals surface area contributed by atoms with Crippen LogP contribution in [0.3, 0.4) is 0 Å². The lowest BCUT2D eigenvalue weighted by atomic mass is 9.77. The molecule has 0 atom stereocenters. The van der Waals surface area contributed by atoms with Crippen molar-refractivity contribution in [1.29, 1.82) is 0 Å². The number of rotatable bonds is 6. The quantitative estimate of drug-likeness (QED) is 0.773. The Morgan fingerprint density at radius 2 is 1.58 bits per heavy atom. The fourth-order valence-corrected chi connectivity index (χ4v) is 2.93. The van der Waals surface area contributed by atoms with Crippen LogP contribution in [0.15, 0.2) is 6.07 Å². The third-order valence-electron chi connectivity index (χ3n) is 4.12. The number of aryl methyl sites for hydroxylation is 2. The molecule has 2 nitrogen and oxygen atoms in total. The molecule has 0 saturated carbocycles. The molecule has 1 aromatic rings. The SMILES string of the molecule is Cc1cc(C)c(C)c(C(C)(C)CNCCCO)c1C. The molecule has 1 rings (SSSR count). The highest BCUT2D eigenvalue weighted by atomic mass is 16.3. The highest BCUT2D eigenvalue weighted by molar-refractivity contribution is 5.47. The zero-order chi connectivity index (χ0) is 14.6. The lowest BCUT2D eigenvalue weighted by Crippen LogP contribution is -2.35. The van der Waals surface area contributed by atoms with E-state index < -0.39 is 0 Å². The van der Waals surface area contributed by atoms with E-state index in [4.69, 9.17) is 5.11 Å². The predicted octanol–water partition coefficient (Wildman–Crippen LogP) is 3.17. The minimum atomic E-state index is 0.112. The normalized spacial score (nSPS) is 11.9. The Kier molecular flexibility index (Phi) is 5.57. The summed E-state index contributed by atoms with van der Waals surface area (Å²) < 4.78 is 0. The van der Waals surface area contributed by atoms with Gasteiger partial charge in [0, 0.05) is 18.6 Å². The van der Waals surface area contributed by atoms with Crippen LogP contribution in [0.25, 0.3) is 0 Å². The Morgan fingerprint density at radius 1 is 1.05 bits per heavy atom. The minimum absolute atomic E-state index is 0.112. The van der Waals surface area contributed by atoms with Crippen molar-refractivity contribution in [3.05, 3.63) is 33.9 Å². The van der Waals surface area contributed by atoms with E-state index in [1.54, 1.807) is 0 Å². The molecule has 0 heterocycles. The van der Waals surface area contributed by atoms with E-state index in [0.717, 1.165) is 19.5 Å². The molecule has 0 aliphatic heterocycles. The number of benzene rings is 1. The standard InChI is InChI=1S/C17H29NO/c1-12-10-13(2)15(4)16(14(12)3)17(5,6)11-18-8-7-9-19/h10,18-19H,7-9,11H2,1-6H3. The Labute approximate surface area is 118 Å². The summed E-state index contributed by atoms with van der Waals surface area (Å²) in [5.74, 6) is 0. The largest absolute Gasteiger partial charge is 0.396 e. The fraction of sp³-hybridized carbons (Fsp3) is 0.647. The van der Waals surface area contributed by atoms with Crippen LogP contribution >= 0.6 is 0 Å². The van der Waals surface area contributed by atoms with Crippen LogP contribution in [0.1, 0.15) is 48.1 Å². The van der Waals surface area contributed by atoms with Crippen LogP contribution < -0.4 is 5.32 Å². The van der Waals surface area contributed by atoms with Crippen molar-refractivity contribution < 1.29 is 5.11 Å². The van der Waals surface area contributed by atoms with E-state index in [0.29, 0.717) is 0 Å². The molecule has 0 amide bonds. The molecule has 0 saturated heterocycles. The lowest BCUT2D eigenvalue weighted by molar-refractivity contribution is 0.284. The zero-order valence-electron chi connectivity index (χ0n) is 13.4. The molecule has 2 heteroatoms. The van der Waals surface area contributed by atoms with Gasteiger partial charge in [-0.3, -0.25) is 0 Å². The average molecular weight is 263 g/mol. The first kappa shape index (κ1) is 16.2. The van der Waals surface area contributed by atoms with Crippen molar-refractivity contribution in [3.63, 3.8) is 0 Å². The highest BCUT2D eigenvalue weighted by Gasteiger charge is 2.25. The second kappa shape index (κ2) is 6.53. The molecule has 108 valence electrons. The van der Waals surface area contributed by atoms with Crippen molar-refractivity contribution in [3.8, 4) is 0 Å². The first-order valence-corrected chi connectivity index (χ1v) is 7.20. The third-order valence-corrected chi connectivity index (χ3v) is 4.12. The van der Waals surface area contributed by atoms with Gasteiger partial charge in [0.1, 0.15) is 0 Å². The van der Waals surface area contributed by atoms with Gasteiger partial charge in [-0.15, -0.1) is 0 Å². The summed E-state index contributed by atoms with van der Waals surface area (Å²) in [6.07, 6.45) is 0.820. The monoisotopic (exact) mass is 263 g/mol. The number of aliphatic hydroxyl groups is 1. The molecule has 0 spiro atoms. The Bertz CT molecular complexity index is 409. The molecular formula is C17H29NO. The maximum absolute atomic E-state index is 8.83. The first-order chi connectivity index (χ1) is 8.81. The van der Waals surface area contributed by atoms with E-state index in [2.05, 4.69) is 52.9 Å². The van der Waals surface area contributed by atoms with Gasteiger partial charge < -0.3 is 10.4 Å². The van der Waals surface area contributed by atoms with Gasteiger partial charge in [-0.1, -0.05) is 19.9 Å². The summed E-state index contributed by atoms with van der Waals surface area (Å²) in [5.41, 5.74) is 7.17. The van der Waals surface area contributed by atoms with Gasteiger partial charge in [0.2, 0.25) is 0 Å². The minimum Gasteiger partial charge on any atom is -0.396 e. The Morgan fingerprint density at radius 3 is 2.05 bits per heavy atom. The smallest absolute Gasteiger partial charge is 0.0443 e. The summed E-state index contributed by atoms with van der Waals surface area (Å²) in [4.78, 5) is 0. The Hall–Kier alpha value is -0.860. The van der Waals surface area contributed by atoms with Gasteiger partial charge >= 0.3 is 0 Å². The van der Waals surface area contributed by atoms with Gasteiger partial charge in [0.25, 0.3) is 0 Å². The van der Waals surface area contributed by atoms with Gasteiger partial charge in [-0.05, 0) is 68.5 Å². The Balaban J connectivity index is 3.00. The van der Waals surface area contributed by atoms with E-state index in [1.165, 1.54) is 27.8 Å². The van der Waals surface area contributed by atoms with Gasteiger partial charge in [-0.25, -0.2) is 0 Å². The summed E-state index contributed by atoms with van der Waals surface area (Å²) in [7, 11) is 0. The van der Waals surface area contributed by atoms with Crippen molar-refractivity contribution in [1.82, 2.24) is 5.32 Å². The molecule has 1 aromatic carbocycles. The molecule has 0 aliphatic rings.